The van der Waals surface area contributed by atoms with Crippen LogP contribution in [0.3, 0.4) is 0 Å². The molecule has 20 heteroatoms. The molecule has 0 aliphatic rings. The molecule has 0 unspecified atom stereocenters. The molecule has 0 saturated heterocycles. The van der Waals surface area contributed by atoms with Crippen molar-refractivity contribution in [1.29, 1.82) is 0 Å². The molecule has 0 bridgehead atoms. The van der Waals surface area contributed by atoms with E-state index < -0.39 is 29.3 Å². The molecule has 12 nitrogen and oxygen atoms in total. The van der Waals surface area contributed by atoms with E-state index in [1.165, 1.54) is 0 Å². The van der Waals surface area contributed by atoms with E-state index in [9.17, 15) is 0 Å². The monoisotopic (exact) mass is 408 g/mol. The van der Waals surface area contributed by atoms with Gasteiger partial charge in [-0.05, 0) is 0 Å². The third-order valence-corrected chi connectivity index (χ3v) is 0. The Kier molecular flexibility index (Phi) is 112. The predicted molar refractivity (Wildman–Crippen MR) is 54.1 cm³/mol. The third-order valence-electron chi connectivity index (χ3n) is 0. The first-order valence-corrected chi connectivity index (χ1v) is 3.10. The first kappa shape index (κ1) is 50.3. The van der Waals surface area contributed by atoms with Gasteiger partial charge in [-0.2, -0.15) is 0 Å². The second-order valence-electron chi connectivity index (χ2n) is 1.39. The van der Waals surface area contributed by atoms with Crippen LogP contribution in [0.1, 0.15) is 5.71 Å². The van der Waals surface area contributed by atoms with E-state index >= 15 is 0 Å². The Morgan fingerprint density at radius 2 is 0.300 bits per heavy atom. The van der Waals surface area contributed by atoms with Crippen LogP contribution in [0, 0.1) is 0 Å². The Labute approximate surface area is 292 Å². The zero-order valence-electron chi connectivity index (χ0n) is 15.7. The van der Waals surface area contributed by atoms with Gasteiger partial charge in [-0.25, -0.2) is 0 Å². The van der Waals surface area contributed by atoms with Crippen LogP contribution in [-0.2, 0) is 0 Å². The molecule has 12 N–H and O–H groups in total. The third kappa shape index (κ3) is 331. The van der Waals surface area contributed by atoms with Gasteiger partial charge in [0.05, 0.1) is 0 Å². The molecular weight excluding hydrogens is 392 g/mol. The second-order valence-corrected chi connectivity index (χ2v) is 1.39. The van der Waals surface area contributed by atoms with Crippen molar-refractivity contribution in [3.05, 3.63) is 0 Å². The molecular formula is H16B4K4O12. The Morgan fingerprint density at radius 1 is 0.300 bits per heavy atom. The molecule has 0 aromatic carbocycles. The quantitative estimate of drug-likeness (QED) is 0.167. The van der Waals surface area contributed by atoms with E-state index in [1.807, 2.05) is 0 Å². The number of hydrogen-bond acceptors (Lipinski definition) is 12. The van der Waals surface area contributed by atoms with Gasteiger partial charge in [0.2, 0.25) is 0 Å². The maximum atomic E-state index is 7.17. The summed E-state index contributed by atoms with van der Waals surface area (Å²) in [6, 6.07) is 0. The van der Waals surface area contributed by atoms with Crippen LogP contribution in [-0.4, -0.2) is 89.6 Å². The van der Waals surface area contributed by atoms with Crippen molar-refractivity contribution < 1.29 is 272 Å². The van der Waals surface area contributed by atoms with Gasteiger partial charge >= 0.3 is 235 Å². The molecule has 0 saturated carbocycles. The molecule has 0 fully saturated rings. The van der Waals surface area contributed by atoms with Crippen molar-refractivity contribution >= 4 is 29.3 Å². The standard InChI is InChI=1S/4BH3O3.4K.4H/c4*2-1(3)4;;;;;;;;/h4*2-4H;;;;;;;;/q;;;;4*+1;4*-1. The fourth-order valence-electron chi connectivity index (χ4n) is 0. The largest absolute Gasteiger partial charge is 1.00 e. The van der Waals surface area contributed by atoms with Gasteiger partial charge in [0.15, 0.2) is 0 Å². The van der Waals surface area contributed by atoms with Gasteiger partial charge in [0.25, 0.3) is 0 Å². The summed E-state index contributed by atoms with van der Waals surface area (Å²) in [4.78, 5) is 0. The second kappa shape index (κ2) is 44.6. The maximum Gasteiger partial charge on any atom is 1.00 e. The summed E-state index contributed by atoms with van der Waals surface area (Å²) in [6.07, 6.45) is 0. The molecule has 0 atom stereocenters. The maximum absolute atomic E-state index is 7.17. The first-order chi connectivity index (χ1) is 6.93. The van der Waals surface area contributed by atoms with E-state index in [1.54, 1.807) is 0 Å². The molecule has 0 aliphatic carbocycles. The molecule has 0 amide bonds. The van der Waals surface area contributed by atoms with Crippen molar-refractivity contribution in [2.24, 2.45) is 0 Å². The molecule has 104 valence electrons. The molecule has 0 rings (SSSR count). The van der Waals surface area contributed by atoms with Crippen molar-refractivity contribution in [2.75, 3.05) is 0 Å². The van der Waals surface area contributed by atoms with Crippen molar-refractivity contribution in [3.63, 3.8) is 0 Å². The van der Waals surface area contributed by atoms with Crippen LogP contribution in [0.4, 0.5) is 0 Å². The molecule has 0 aromatic rings. The van der Waals surface area contributed by atoms with Gasteiger partial charge in [-0.1, -0.05) is 0 Å². The van der Waals surface area contributed by atoms with Gasteiger partial charge in [0.1, 0.15) is 0 Å². The summed E-state index contributed by atoms with van der Waals surface area (Å²) in [5.41, 5.74) is 0. The summed E-state index contributed by atoms with van der Waals surface area (Å²) in [6.45, 7) is 0. The molecule has 0 spiro atoms. The summed E-state index contributed by atoms with van der Waals surface area (Å²) >= 11 is 0. The smallest absolute Gasteiger partial charge is 1.00 e. The normalized spacial score (nSPS) is 5.40. The predicted octanol–water partition coefficient (Wildman–Crippen LogP) is -19.7. The fourth-order valence-corrected chi connectivity index (χ4v) is 0. The molecule has 0 radical (unpaired) electrons. The minimum atomic E-state index is -2.17. The van der Waals surface area contributed by atoms with Crippen molar-refractivity contribution in [3.8, 4) is 0 Å². The van der Waals surface area contributed by atoms with Gasteiger partial charge in [0, 0.05) is 0 Å². The van der Waals surface area contributed by atoms with E-state index in [4.69, 9.17) is 60.3 Å². The summed E-state index contributed by atoms with van der Waals surface area (Å²) in [5.74, 6) is 0. The zero-order valence-corrected chi connectivity index (χ0v) is 24.2. The van der Waals surface area contributed by atoms with Gasteiger partial charge in [-0.3, -0.25) is 0 Å². The molecule has 0 heterocycles. The van der Waals surface area contributed by atoms with Crippen molar-refractivity contribution in [2.45, 2.75) is 0 Å². The van der Waals surface area contributed by atoms with E-state index in [0.717, 1.165) is 0 Å². The van der Waals surface area contributed by atoms with Gasteiger partial charge < -0.3 is 66.0 Å². The van der Waals surface area contributed by atoms with Crippen molar-refractivity contribution in [1.82, 2.24) is 0 Å². The van der Waals surface area contributed by atoms with Crippen LogP contribution >= 0.6 is 0 Å². The van der Waals surface area contributed by atoms with E-state index in [-0.39, 0.29) is 211 Å². The van der Waals surface area contributed by atoms with Crippen LogP contribution in [0.25, 0.3) is 0 Å². The van der Waals surface area contributed by atoms with Crippen LogP contribution in [0.5, 0.6) is 0 Å². The van der Waals surface area contributed by atoms with E-state index in [2.05, 4.69) is 0 Å². The number of rotatable bonds is 0. The fraction of sp³-hybridized carbons (Fsp3) is 0. The molecule has 20 heavy (non-hydrogen) atoms. The Bertz CT molecular complexity index is 86.0. The summed E-state index contributed by atoms with van der Waals surface area (Å²) in [5, 5.41) is 86.0. The molecule has 0 aromatic heterocycles. The summed E-state index contributed by atoms with van der Waals surface area (Å²) in [7, 11) is -8.67. The first-order valence-electron chi connectivity index (χ1n) is 3.10. The molecule has 0 aliphatic heterocycles. The minimum Gasteiger partial charge on any atom is -1.00 e. The topological polar surface area (TPSA) is 243 Å². The average molecular weight is 408 g/mol. The Hall–Kier alpha value is 6.33. The van der Waals surface area contributed by atoms with Crippen LogP contribution in [0.15, 0.2) is 0 Å². The number of hydrogen-bond donors (Lipinski definition) is 12. The van der Waals surface area contributed by atoms with Gasteiger partial charge in [-0.15, -0.1) is 0 Å². The SMILES string of the molecule is OB(O)O.OB(O)O.OB(O)O.OB(O)O.[H-].[H-].[H-].[H-].[K+].[K+].[K+].[K+]. The Morgan fingerprint density at radius 3 is 0.300 bits per heavy atom. The van der Waals surface area contributed by atoms with Crippen LogP contribution < -0.4 is 206 Å². The zero-order chi connectivity index (χ0) is 14.3. The summed E-state index contributed by atoms with van der Waals surface area (Å²) < 4.78 is 0. The Balaban J connectivity index is -0.00000000720. The van der Waals surface area contributed by atoms with E-state index in [0.29, 0.717) is 0 Å². The minimum absolute atomic E-state index is 0. The van der Waals surface area contributed by atoms with Crippen LogP contribution in [0.2, 0.25) is 0 Å². The average Bonchev–Trinajstić information content (AvgIpc) is 1.76.